The van der Waals surface area contributed by atoms with Gasteiger partial charge >= 0.3 is 18.4 Å². The Morgan fingerprint density at radius 2 is 2.12 bits per heavy atom. The van der Waals surface area contributed by atoms with Crippen LogP contribution in [-0.2, 0) is 10.9 Å². The largest absolute Gasteiger partial charge is 0.465 e. The molecule has 0 aromatic carbocycles. The van der Waals surface area contributed by atoms with Crippen molar-refractivity contribution in [3.63, 3.8) is 0 Å². The number of halogens is 5. The van der Waals surface area contributed by atoms with Crippen LogP contribution in [0.5, 0.6) is 0 Å². The van der Waals surface area contributed by atoms with Crippen molar-refractivity contribution >= 4 is 12.0 Å². The van der Waals surface area contributed by atoms with E-state index in [1.54, 1.807) is 0 Å². The van der Waals surface area contributed by atoms with Crippen molar-refractivity contribution in [1.82, 2.24) is 14.9 Å². The molecule has 0 bridgehead atoms. The van der Waals surface area contributed by atoms with Crippen LogP contribution in [0, 0.1) is 0 Å². The summed E-state index contributed by atoms with van der Waals surface area (Å²) in [6.07, 6.45) is -11.1. The lowest BCUT2D eigenvalue weighted by molar-refractivity contribution is -0.299. The predicted octanol–water partition coefficient (Wildman–Crippen LogP) is 2.27. The van der Waals surface area contributed by atoms with Gasteiger partial charge in [0.15, 0.2) is 0 Å². The van der Waals surface area contributed by atoms with Gasteiger partial charge in [0, 0.05) is 18.9 Å². The molecule has 1 aliphatic heterocycles. The number of morpholine rings is 1. The minimum Gasteiger partial charge on any atom is -0.465 e. The Morgan fingerprint density at radius 3 is 2.62 bits per heavy atom. The highest BCUT2D eigenvalue weighted by Gasteiger charge is 2.47. The second-order valence-corrected chi connectivity index (χ2v) is 4.88. The highest BCUT2D eigenvalue weighted by atomic mass is 19.4. The highest BCUT2D eigenvalue weighted by molar-refractivity contribution is 5.66. The number of carbonyl (C=O) groups is 1. The topological polar surface area (TPSA) is 87.6 Å². The van der Waals surface area contributed by atoms with Gasteiger partial charge in [0.2, 0.25) is 5.95 Å². The van der Waals surface area contributed by atoms with Gasteiger partial charge in [-0.2, -0.15) is 22.0 Å². The molecule has 0 saturated carbocycles. The molecule has 0 spiro atoms. The van der Waals surface area contributed by atoms with E-state index in [0.29, 0.717) is 12.4 Å². The first-order chi connectivity index (χ1) is 11.7. The van der Waals surface area contributed by atoms with Crippen molar-refractivity contribution < 1.29 is 39.3 Å². The summed E-state index contributed by atoms with van der Waals surface area (Å²) in [5.74, 6) is -0.585. The first kappa shape index (κ1) is 15.3. The number of carboxylic acid groups (broad SMARTS) is 1. The molecule has 1 fully saturated rings. The van der Waals surface area contributed by atoms with Gasteiger partial charge in [0.05, 0.1) is 20.5 Å². The normalized spacial score (nSPS) is 25.7. The fourth-order valence-corrected chi connectivity index (χ4v) is 1.98. The Morgan fingerprint density at radius 1 is 1.54 bits per heavy atom. The van der Waals surface area contributed by atoms with Crippen molar-refractivity contribution in [2.24, 2.45) is 0 Å². The lowest BCUT2D eigenvalue weighted by Gasteiger charge is -2.41. The van der Waals surface area contributed by atoms with Crippen molar-refractivity contribution in [2.75, 3.05) is 18.4 Å². The number of amides is 1. The fourth-order valence-electron chi connectivity index (χ4n) is 1.98. The molecule has 1 amide bonds. The molecule has 1 unspecified atom stereocenters. The second kappa shape index (κ2) is 6.34. The Bertz CT molecular complexity index is 674. The molecule has 1 aromatic heterocycles. The average molecular weight is 358 g/mol. The van der Waals surface area contributed by atoms with Crippen LogP contribution in [-0.4, -0.2) is 57.4 Å². The summed E-state index contributed by atoms with van der Waals surface area (Å²) in [6.45, 7) is -3.10. The van der Waals surface area contributed by atoms with Gasteiger partial charge < -0.3 is 15.2 Å². The van der Waals surface area contributed by atoms with Crippen LogP contribution in [0.2, 0.25) is 0 Å². The maximum Gasteiger partial charge on any atom is 0.419 e. The van der Waals surface area contributed by atoms with E-state index in [0.717, 1.165) is 6.92 Å². The van der Waals surface area contributed by atoms with Crippen LogP contribution in [0.3, 0.4) is 0 Å². The van der Waals surface area contributed by atoms with E-state index in [1.807, 2.05) is 5.32 Å². The molecule has 7 nitrogen and oxygen atoms in total. The fraction of sp³-hybridized carbons (Fsp3) is 0.583. The van der Waals surface area contributed by atoms with Crippen LogP contribution >= 0.6 is 0 Å². The van der Waals surface area contributed by atoms with Crippen molar-refractivity contribution in [1.29, 1.82) is 0 Å². The number of hydrogen-bond acceptors (Lipinski definition) is 5. The predicted molar refractivity (Wildman–Crippen MR) is 69.5 cm³/mol. The van der Waals surface area contributed by atoms with Crippen molar-refractivity contribution in [2.45, 2.75) is 31.4 Å². The zero-order valence-corrected chi connectivity index (χ0v) is 12.0. The Labute approximate surface area is 135 Å². The number of aromatic nitrogens is 2. The smallest absolute Gasteiger partial charge is 0.419 e. The van der Waals surface area contributed by atoms with Gasteiger partial charge in [0.25, 0.3) is 0 Å². The molecule has 0 aliphatic carbocycles. The second-order valence-electron chi connectivity index (χ2n) is 4.88. The third-order valence-electron chi connectivity index (χ3n) is 3.05. The van der Waals surface area contributed by atoms with Crippen LogP contribution in [0.1, 0.15) is 15.2 Å². The molecular formula is C12H13F5N4O3. The number of ether oxygens (including phenoxy) is 1. The first-order valence-electron chi connectivity index (χ1n) is 7.45. The zero-order valence-electron chi connectivity index (χ0n) is 14.0. The standard InChI is InChI=1S/C12H13F5N4O3/c1-6-8(21(10(22)23)5-11(13,14)24-6)4-20-9-18-2-7(3-19-9)12(15,16)17/h2-3,6,8H,4-5H2,1H3,(H,22,23)(H,18,19,20)/t6-,8?/m0/s1/i4D2. The molecule has 2 N–H and O–H groups in total. The van der Waals surface area contributed by atoms with E-state index in [4.69, 9.17) is 7.85 Å². The SMILES string of the molecule is [2H]C([2H])(Nc1ncc(C(F)(F)F)cn1)C1[C@H](C)OC(F)(F)CN1C(=O)O. The summed E-state index contributed by atoms with van der Waals surface area (Å²) in [4.78, 5) is 18.0. The van der Waals surface area contributed by atoms with Gasteiger partial charge in [-0.05, 0) is 6.92 Å². The van der Waals surface area contributed by atoms with E-state index < -0.39 is 55.1 Å². The molecule has 0 radical (unpaired) electrons. The Hall–Kier alpha value is -2.24. The molecular weight excluding hydrogens is 343 g/mol. The quantitative estimate of drug-likeness (QED) is 0.806. The third kappa shape index (κ3) is 4.19. The van der Waals surface area contributed by atoms with E-state index in [2.05, 4.69) is 14.7 Å². The summed E-state index contributed by atoms with van der Waals surface area (Å²) in [5.41, 5.74) is -1.18. The van der Waals surface area contributed by atoms with Gasteiger partial charge in [0.1, 0.15) is 6.54 Å². The molecule has 2 heterocycles. The Kier molecular flexibility index (Phi) is 4.04. The van der Waals surface area contributed by atoms with E-state index in [-0.39, 0.29) is 4.90 Å². The van der Waals surface area contributed by atoms with E-state index in [9.17, 15) is 26.7 Å². The molecule has 134 valence electrons. The van der Waals surface area contributed by atoms with Gasteiger partial charge in [-0.25, -0.2) is 14.8 Å². The third-order valence-corrected chi connectivity index (χ3v) is 3.05. The number of rotatable bonds is 3. The number of hydrogen-bond donors (Lipinski definition) is 2. The number of anilines is 1. The maximum atomic E-state index is 13.4. The summed E-state index contributed by atoms with van der Waals surface area (Å²) >= 11 is 0. The number of nitrogens with zero attached hydrogens (tertiary/aromatic N) is 3. The summed E-state index contributed by atoms with van der Waals surface area (Å²) in [6, 6.07) is -1.74. The number of nitrogens with one attached hydrogen (secondary N) is 1. The van der Waals surface area contributed by atoms with E-state index in [1.165, 1.54) is 0 Å². The Balaban J connectivity index is 2.25. The average Bonchev–Trinajstić information content (AvgIpc) is 2.43. The van der Waals surface area contributed by atoms with Gasteiger partial charge in [-0.1, -0.05) is 0 Å². The summed E-state index contributed by atoms with van der Waals surface area (Å²) in [5, 5.41) is 11.1. The molecule has 1 saturated heterocycles. The summed E-state index contributed by atoms with van der Waals surface area (Å²) in [7, 11) is 0. The van der Waals surface area contributed by atoms with Crippen LogP contribution < -0.4 is 5.32 Å². The minimum absolute atomic E-state index is 0.158. The van der Waals surface area contributed by atoms with Gasteiger partial charge in [-0.3, -0.25) is 4.90 Å². The van der Waals surface area contributed by atoms with Crippen LogP contribution in [0.4, 0.5) is 32.7 Å². The lowest BCUT2D eigenvalue weighted by Crippen LogP contribution is -2.60. The maximum absolute atomic E-state index is 13.4. The molecule has 1 aliphatic rings. The highest BCUT2D eigenvalue weighted by Crippen LogP contribution is 2.30. The minimum atomic E-state index is -4.70. The van der Waals surface area contributed by atoms with Crippen molar-refractivity contribution in [3.05, 3.63) is 18.0 Å². The van der Waals surface area contributed by atoms with Crippen LogP contribution in [0.25, 0.3) is 0 Å². The van der Waals surface area contributed by atoms with Crippen LogP contribution in [0.15, 0.2) is 12.4 Å². The molecule has 24 heavy (non-hydrogen) atoms. The molecule has 12 heteroatoms. The first-order valence-corrected chi connectivity index (χ1v) is 6.45. The summed E-state index contributed by atoms with van der Waals surface area (Å²) < 4.78 is 84.5. The molecule has 2 atom stereocenters. The number of alkyl halides is 5. The monoisotopic (exact) mass is 358 g/mol. The lowest BCUT2D eigenvalue weighted by atomic mass is 10.1. The van der Waals surface area contributed by atoms with E-state index >= 15 is 0 Å². The molecule has 1 aromatic rings. The van der Waals surface area contributed by atoms with Gasteiger partial charge in [-0.15, -0.1) is 0 Å². The zero-order chi connectivity index (χ0) is 19.9. The van der Waals surface area contributed by atoms with Crippen molar-refractivity contribution in [3.8, 4) is 0 Å². The molecule has 2 rings (SSSR count).